The lowest BCUT2D eigenvalue weighted by Gasteiger charge is -2.45. The van der Waals surface area contributed by atoms with Gasteiger partial charge in [0.15, 0.2) is 0 Å². The van der Waals surface area contributed by atoms with Crippen LogP contribution in [0.15, 0.2) is 108 Å². The molecule has 6 heteroatoms. The summed E-state index contributed by atoms with van der Waals surface area (Å²) in [6, 6.07) is 30.8. The molecule has 2 bridgehead atoms. The molecule has 5 nitrogen and oxygen atoms in total. The number of hydrazone groups is 1. The second kappa shape index (κ2) is 8.58. The van der Waals surface area contributed by atoms with Crippen LogP contribution in [0, 0.1) is 17.7 Å². The highest BCUT2D eigenvalue weighted by Gasteiger charge is 2.61. The third kappa shape index (κ3) is 3.22. The maximum Gasteiger partial charge on any atom is 0.254 e. The van der Waals surface area contributed by atoms with Gasteiger partial charge in [0.25, 0.3) is 11.8 Å². The van der Waals surface area contributed by atoms with Crippen LogP contribution in [-0.4, -0.2) is 27.6 Å². The SMILES string of the molecule is O=C1[C@@H]2C3c4ccccc4C(c4ccccc43)[C@@H]2C(=O)N1/N=C\c1cn(Cc2ccc(F)cc2)c2ccccc12. The second-order valence-corrected chi connectivity index (χ2v) is 10.9. The van der Waals surface area contributed by atoms with Crippen LogP contribution in [0.25, 0.3) is 10.9 Å². The highest BCUT2D eigenvalue weighted by Crippen LogP contribution is 2.60. The van der Waals surface area contributed by atoms with Gasteiger partial charge in [-0.05, 0) is 46.0 Å². The fourth-order valence-electron chi connectivity index (χ4n) is 7.19. The number of para-hydroxylation sites is 1. The van der Waals surface area contributed by atoms with Crippen molar-refractivity contribution in [3.63, 3.8) is 0 Å². The molecule has 0 spiro atoms. The molecule has 0 unspecified atom stereocenters. The van der Waals surface area contributed by atoms with E-state index in [4.69, 9.17) is 0 Å². The minimum atomic E-state index is -0.459. The van der Waals surface area contributed by atoms with Crippen LogP contribution in [0.1, 0.15) is 45.2 Å². The lowest BCUT2D eigenvalue weighted by molar-refractivity contribution is -0.139. The number of rotatable bonds is 4. The summed E-state index contributed by atoms with van der Waals surface area (Å²) in [7, 11) is 0. The molecule has 1 aromatic heterocycles. The molecule has 3 aliphatic carbocycles. The zero-order valence-corrected chi connectivity index (χ0v) is 21.4. The largest absolute Gasteiger partial charge is 0.342 e. The number of hydrogen-bond acceptors (Lipinski definition) is 3. The van der Waals surface area contributed by atoms with Gasteiger partial charge in [-0.3, -0.25) is 9.59 Å². The number of benzene rings is 4. The molecule has 4 aromatic carbocycles. The van der Waals surface area contributed by atoms with Crippen LogP contribution in [0.5, 0.6) is 0 Å². The molecule has 2 heterocycles. The Balaban J connectivity index is 1.16. The Morgan fingerprint density at radius 1 is 0.700 bits per heavy atom. The molecule has 0 radical (unpaired) electrons. The second-order valence-electron chi connectivity index (χ2n) is 10.9. The van der Waals surface area contributed by atoms with Crippen molar-refractivity contribution in [2.75, 3.05) is 0 Å². The van der Waals surface area contributed by atoms with Gasteiger partial charge in [0.2, 0.25) is 0 Å². The molecule has 2 atom stereocenters. The van der Waals surface area contributed by atoms with Crippen molar-refractivity contribution in [3.8, 4) is 0 Å². The third-order valence-electron chi connectivity index (χ3n) is 8.82. The van der Waals surface area contributed by atoms with E-state index in [9.17, 15) is 14.0 Å². The molecule has 0 N–H and O–H groups in total. The van der Waals surface area contributed by atoms with Crippen LogP contribution in [0.2, 0.25) is 0 Å². The minimum Gasteiger partial charge on any atom is -0.342 e. The molecule has 4 aliphatic rings. The van der Waals surface area contributed by atoms with E-state index >= 15 is 0 Å². The number of carbonyl (C=O) groups is 2. The van der Waals surface area contributed by atoms with E-state index in [0.717, 1.165) is 49.3 Å². The molecule has 9 rings (SSSR count). The fourth-order valence-corrected chi connectivity index (χ4v) is 7.19. The highest BCUT2D eigenvalue weighted by molar-refractivity contribution is 6.09. The molecular formula is C34H24FN3O2. The molecule has 1 fully saturated rings. The van der Waals surface area contributed by atoms with E-state index in [0.29, 0.717) is 6.54 Å². The van der Waals surface area contributed by atoms with Crippen LogP contribution in [-0.2, 0) is 16.1 Å². The van der Waals surface area contributed by atoms with E-state index in [2.05, 4.69) is 33.9 Å². The fraction of sp³-hybridized carbons (Fsp3) is 0.147. The van der Waals surface area contributed by atoms with Gasteiger partial charge < -0.3 is 4.57 Å². The van der Waals surface area contributed by atoms with Crippen molar-refractivity contribution in [2.24, 2.45) is 16.9 Å². The molecule has 40 heavy (non-hydrogen) atoms. The van der Waals surface area contributed by atoms with Crippen LogP contribution in [0.4, 0.5) is 4.39 Å². The van der Waals surface area contributed by atoms with Crippen molar-refractivity contribution >= 4 is 28.9 Å². The molecule has 194 valence electrons. The molecule has 1 saturated heterocycles. The monoisotopic (exact) mass is 525 g/mol. The van der Waals surface area contributed by atoms with Gasteiger partial charge in [-0.15, -0.1) is 0 Å². The Morgan fingerprint density at radius 2 is 1.23 bits per heavy atom. The van der Waals surface area contributed by atoms with Crippen molar-refractivity contribution < 1.29 is 14.0 Å². The summed E-state index contributed by atoms with van der Waals surface area (Å²) in [4.78, 5) is 27.7. The number of nitrogens with zero attached hydrogens (tertiary/aromatic N) is 3. The Morgan fingerprint density at radius 3 is 1.80 bits per heavy atom. The predicted octanol–water partition coefficient (Wildman–Crippen LogP) is 6.05. The number of imide groups is 1. The molecule has 5 aromatic rings. The van der Waals surface area contributed by atoms with Gasteiger partial charge >= 0.3 is 0 Å². The summed E-state index contributed by atoms with van der Waals surface area (Å²) in [6.45, 7) is 0.556. The van der Waals surface area contributed by atoms with E-state index in [1.54, 1.807) is 18.3 Å². The van der Waals surface area contributed by atoms with Crippen LogP contribution >= 0.6 is 0 Å². The van der Waals surface area contributed by atoms with Gasteiger partial charge in [-0.2, -0.15) is 10.1 Å². The highest BCUT2D eigenvalue weighted by atomic mass is 19.1. The van der Waals surface area contributed by atoms with Gasteiger partial charge in [-0.25, -0.2) is 4.39 Å². The topological polar surface area (TPSA) is 54.7 Å². The summed E-state index contributed by atoms with van der Waals surface area (Å²) in [5, 5.41) is 6.60. The Bertz CT molecular complexity index is 1760. The average Bonchev–Trinajstić information content (AvgIpc) is 3.47. The lowest BCUT2D eigenvalue weighted by Crippen LogP contribution is -2.41. The first kappa shape index (κ1) is 23.1. The minimum absolute atomic E-state index is 0.156. The average molecular weight is 526 g/mol. The first-order valence-corrected chi connectivity index (χ1v) is 13.5. The maximum absolute atomic E-state index is 13.9. The molecule has 0 saturated carbocycles. The van der Waals surface area contributed by atoms with Gasteiger partial charge in [0.05, 0.1) is 18.1 Å². The summed E-state index contributed by atoms with van der Waals surface area (Å²) in [5.74, 6) is -1.97. The Hall–Kier alpha value is -4.84. The first-order valence-electron chi connectivity index (χ1n) is 13.5. The zero-order valence-electron chi connectivity index (χ0n) is 21.4. The van der Waals surface area contributed by atoms with E-state index < -0.39 is 11.8 Å². The van der Waals surface area contributed by atoms with Crippen molar-refractivity contribution in [3.05, 3.63) is 142 Å². The van der Waals surface area contributed by atoms with Crippen molar-refractivity contribution in [1.29, 1.82) is 0 Å². The number of amides is 2. The lowest BCUT2D eigenvalue weighted by atomic mass is 9.55. The summed E-state index contributed by atoms with van der Waals surface area (Å²) in [6.07, 6.45) is 3.59. The third-order valence-corrected chi connectivity index (χ3v) is 8.82. The standard InChI is InChI=1S/C34H24FN3O2/c35-22-15-13-20(14-16-22)18-37-19-21(23-7-5-6-12-28(23)37)17-36-38-33(39)31-29-24-8-1-2-9-25(24)30(32(31)34(38)40)27-11-4-3-10-26(27)29/h1-17,19,29-32H,18H2/b36-17-/t29?,30?,31-,32+. The Kier molecular flexibility index (Phi) is 4.95. The zero-order chi connectivity index (χ0) is 27.0. The Labute approximate surface area is 230 Å². The quantitative estimate of drug-likeness (QED) is 0.212. The van der Waals surface area contributed by atoms with E-state index in [1.165, 1.54) is 12.1 Å². The van der Waals surface area contributed by atoms with E-state index in [1.807, 2.05) is 54.7 Å². The molecule has 2 amide bonds. The summed E-state index contributed by atoms with van der Waals surface area (Å²) < 4.78 is 15.5. The summed E-state index contributed by atoms with van der Waals surface area (Å²) >= 11 is 0. The van der Waals surface area contributed by atoms with Crippen molar-refractivity contribution in [2.45, 2.75) is 18.4 Å². The maximum atomic E-state index is 13.9. The van der Waals surface area contributed by atoms with E-state index in [-0.39, 0.29) is 29.5 Å². The normalized spacial score (nSPS) is 22.7. The van der Waals surface area contributed by atoms with Crippen LogP contribution < -0.4 is 0 Å². The number of fused-ring (bicyclic) bond motifs is 1. The van der Waals surface area contributed by atoms with Gasteiger partial charge in [0.1, 0.15) is 5.82 Å². The summed E-state index contributed by atoms with van der Waals surface area (Å²) in [5.41, 5.74) is 7.33. The van der Waals surface area contributed by atoms with Crippen molar-refractivity contribution in [1.82, 2.24) is 9.58 Å². The molecular weight excluding hydrogens is 501 g/mol. The predicted molar refractivity (Wildman–Crippen MR) is 150 cm³/mol. The van der Waals surface area contributed by atoms with Crippen LogP contribution in [0.3, 0.4) is 0 Å². The molecule has 1 aliphatic heterocycles. The smallest absolute Gasteiger partial charge is 0.254 e. The number of halogens is 1. The number of hydrogen-bond donors (Lipinski definition) is 0. The van der Waals surface area contributed by atoms with Gasteiger partial charge in [0, 0.05) is 41.0 Å². The number of aromatic nitrogens is 1. The number of carbonyl (C=O) groups excluding carboxylic acids is 2. The first-order chi connectivity index (χ1) is 19.6. The van der Waals surface area contributed by atoms with Gasteiger partial charge in [-0.1, -0.05) is 78.9 Å².